The predicted molar refractivity (Wildman–Crippen MR) is 77.7 cm³/mol. The molecule has 0 fully saturated rings. The summed E-state index contributed by atoms with van der Waals surface area (Å²) in [5.41, 5.74) is 8.09. The van der Waals surface area contributed by atoms with E-state index in [4.69, 9.17) is 10.2 Å². The van der Waals surface area contributed by atoms with E-state index in [1.165, 1.54) is 23.7 Å². The number of nitrogens with zero attached hydrogens (tertiary/aromatic N) is 1. The molecule has 6 heteroatoms. The number of rotatable bonds is 4. The van der Waals surface area contributed by atoms with Gasteiger partial charge in [-0.3, -0.25) is 0 Å². The molecule has 0 spiro atoms. The zero-order valence-electron chi connectivity index (χ0n) is 11.8. The minimum Gasteiger partial charge on any atom is -0.468 e. The standard InChI is InChI=1S/C14H18N2O3S/c1-10-7-13(8-14(15)11(10)2)20(17,18)16(3)9-12-5-4-6-19-12/h4-8H,9,15H2,1-3H3. The number of benzene rings is 1. The summed E-state index contributed by atoms with van der Waals surface area (Å²) in [6, 6.07) is 6.60. The van der Waals surface area contributed by atoms with Gasteiger partial charge in [-0.15, -0.1) is 0 Å². The van der Waals surface area contributed by atoms with E-state index in [9.17, 15) is 8.42 Å². The van der Waals surface area contributed by atoms with Crippen molar-refractivity contribution in [3.8, 4) is 0 Å². The monoisotopic (exact) mass is 294 g/mol. The second kappa shape index (κ2) is 5.30. The lowest BCUT2D eigenvalue weighted by atomic mass is 10.1. The number of hydrogen-bond acceptors (Lipinski definition) is 4. The van der Waals surface area contributed by atoms with Crippen molar-refractivity contribution < 1.29 is 12.8 Å². The van der Waals surface area contributed by atoms with E-state index in [0.29, 0.717) is 11.4 Å². The molecule has 1 aromatic heterocycles. The molecule has 0 bridgehead atoms. The average Bonchev–Trinajstić information content (AvgIpc) is 2.88. The molecule has 0 unspecified atom stereocenters. The average molecular weight is 294 g/mol. The minimum absolute atomic E-state index is 0.183. The third kappa shape index (κ3) is 2.71. The smallest absolute Gasteiger partial charge is 0.243 e. The Hall–Kier alpha value is -1.79. The maximum atomic E-state index is 12.5. The molecule has 0 aliphatic carbocycles. The first-order valence-corrected chi connectivity index (χ1v) is 7.62. The Bertz CT molecular complexity index is 683. The summed E-state index contributed by atoms with van der Waals surface area (Å²) in [7, 11) is -2.07. The number of aryl methyl sites for hydroxylation is 1. The number of nitrogens with two attached hydrogens (primary N) is 1. The Morgan fingerprint density at radius 3 is 2.55 bits per heavy atom. The van der Waals surface area contributed by atoms with Crippen molar-refractivity contribution in [1.29, 1.82) is 0 Å². The molecule has 1 heterocycles. The Morgan fingerprint density at radius 2 is 2.00 bits per heavy atom. The Kier molecular flexibility index (Phi) is 3.87. The van der Waals surface area contributed by atoms with Crippen molar-refractivity contribution in [3.05, 3.63) is 47.4 Å². The summed E-state index contributed by atoms with van der Waals surface area (Å²) >= 11 is 0. The van der Waals surface area contributed by atoms with Gasteiger partial charge < -0.3 is 10.2 Å². The van der Waals surface area contributed by atoms with E-state index in [1.54, 1.807) is 18.2 Å². The van der Waals surface area contributed by atoms with Crippen molar-refractivity contribution in [3.63, 3.8) is 0 Å². The van der Waals surface area contributed by atoms with Crippen molar-refractivity contribution in [2.45, 2.75) is 25.3 Å². The summed E-state index contributed by atoms with van der Waals surface area (Å²) in [5, 5.41) is 0. The van der Waals surface area contributed by atoms with Crippen LogP contribution >= 0.6 is 0 Å². The molecule has 0 saturated carbocycles. The van der Waals surface area contributed by atoms with E-state index in [-0.39, 0.29) is 11.4 Å². The van der Waals surface area contributed by atoms with Crippen molar-refractivity contribution >= 4 is 15.7 Å². The topological polar surface area (TPSA) is 76.5 Å². The van der Waals surface area contributed by atoms with Crippen molar-refractivity contribution in [2.75, 3.05) is 12.8 Å². The lowest BCUT2D eigenvalue weighted by molar-refractivity contribution is 0.406. The summed E-state index contributed by atoms with van der Waals surface area (Å²) in [6.07, 6.45) is 1.52. The summed E-state index contributed by atoms with van der Waals surface area (Å²) < 4.78 is 31.4. The third-order valence-electron chi connectivity index (χ3n) is 3.35. The Balaban J connectivity index is 2.35. The van der Waals surface area contributed by atoms with Gasteiger partial charge in [0, 0.05) is 12.7 Å². The Morgan fingerprint density at radius 1 is 1.30 bits per heavy atom. The molecule has 0 atom stereocenters. The second-order valence-corrected chi connectivity index (χ2v) is 6.84. The van der Waals surface area contributed by atoms with E-state index in [2.05, 4.69) is 0 Å². The lowest BCUT2D eigenvalue weighted by Crippen LogP contribution is -2.26. The molecular weight excluding hydrogens is 276 g/mol. The fourth-order valence-corrected chi connectivity index (χ4v) is 3.15. The largest absolute Gasteiger partial charge is 0.468 e. The maximum Gasteiger partial charge on any atom is 0.243 e. The minimum atomic E-state index is -3.58. The number of furan rings is 1. The van der Waals surface area contributed by atoms with Gasteiger partial charge in [0.15, 0.2) is 0 Å². The lowest BCUT2D eigenvalue weighted by Gasteiger charge is -2.17. The van der Waals surface area contributed by atoms with E-state index < -0.39 is 10.0 Å². The maximum absolute atomic E-state index is 12.5. The first-order valence-electron chi connectivity index (χ1n) is 6.18. The van der Waals surface area contributed by atoms with Crippen LogP contribution in [0.3, 0.4) is 0 Å². The normalized spacial score (nSPS) is 12.0. The highest BCUT2D eigenvalue weighted by atomic mass is 32.2. The molecule has 5 nitrogen and oxygen atoms in total. The molecule has 108 valence electrons. The van der Waals surface area contributed by atoms with Crippen LogP contribution in [0.5, 0.6) is 0 Å². The van der Waals surface area contributed by atoms with Gasteiger partial charge in [0.1, 0.15) is 5.76 Å². The number of sulfonamides is 1. The van der Waals surface area contributed by atoms with Gasteiger partial charge in [0.25, 0.3) is 0 Å². The van der Waals surface area contributed by atoms with Gasteiger partial charge in [-0.05, 0) is 49.2 Å². The third-order valence-corrected chi connectivity index (χ3v) is 5.13. The van der Waals surface area contributed by atoms with Crippen LogP contribution in [-0.2, 0) is 16.6 Å². The molecule has 2 aromatic rings. The fraction of sp³-hybridized carbons (Fsp3) is 0.286. The summed E-state index contributed by atoms with van der Waals surface area (Å²) in [4.78, 5) is 0.201. The van der Waals surface area contributed by atoms with Gasteiger partial charge in [-0.2, -0.15) is 4.31 Å². The highest BCUT2D eigenvalue weighted by Crippen LogP contribution is 2.24. The molecule has 0 radical (unpaired) electrons. The van der Waals surface area contributed by atoms with E-state index in [1.807, 2.05) is 13.8 Å². The molecule has 2 N–H and O–H groups in total. The molecule has 0 aliphatic heterocycles. The first-order chi connectivity index (χ1) is 9.32. The second-order valence-electron chi connectivity index (χ2n) is 4.79. The fourth-order valence-electron chi connectivity index (χ4n) is 1.89. The molecule has 0 aliphatic rings. The Labute approximate surface area is 119 Å². The first kappa shape index (κ1) is 14.6. The van der Waals surface area contributed by atoms with Crippen molar-refractivity contribution in [1.82, 2.24) is 4.31 Å². The van der Waals surface area contributed by atoms with Crippen LogP contribution < -0.4 is 5.73 Å². The van der Waals surface area contributed by atoms with E-state index in [0.717, 1.165) is 11.1 Å². The highest BCUT2D eigenvalue weighted by Gasteiger charge is 2.23. The molecular formula is C14H18N2O3S. The number of nitrogen functional groups attached to an aromatic ring is 1. The summed E-state index contributed by atoms with van der Waals surface area (Å²) in [6.45, 7) is 3.90. The van der Waals surface area contributed by atoms with Gasteiger partial charge in [-0.25, -0.2) is 8.42 Å². The number of anilines is 1. The molecule has 0 saturated heterocycles. The quantitative estimate of drug-likeness (QED) is 0.878. The highest BCUT2D eigenvalue weighted by molar-refractivity contribution is 7.89. The van der Waals surface area contributed by atoms with Crippen molar-refractivity contribution in [2.24, 2.45) is 0 Å². The SMILES string of the molecule is Cc1cc(S(=O)(=O)N(C)Cc2ccco2)cc(N)c1C. The van der Waals surface area contributed by atoms with Gasteiger partial charge in [0.2, 0.25) is 10.0 Å². The zero-order valence-corrected chi connectivity index (χ0v) is 12.6. The van der Waals surface area contributed by atoms with Crippen LogP contribution in [0.2, 0.25) is 0 Å². The molecule has 0 amide bonds. The molecule has 20 heavy (non-hydrogen) atoms. The predicted octanol–water partition coefficient (Wildman–Crippen LogP) is 2.30. The van der Waals surface area contributed by atoms with Crippen LogP contribution in [0.15, 0.2) is 39.8 Å². The van der Waals surface area contributed by atoms with Gasteiger partial charge in [-0.1, -0.05) is 0 Å². The van der Waals surface area contributed by atoms with Crippen LogP contribution in [0.1, 0.15) is 16.9 Å². The van der Waals surface area contributed by atoms with Crippen LogP contribution in [0.25, 0.3) is 0 Å². The summed E-state index contributed by atoms with van der Waals surface area (Å²) in [5.74, 6) is 0.591. The van der Waals surface area contributed by atoms with Crippen LogP contribution in [0.4, 0.5) is 5.69 Å². The van der Waals surface area contributed by atoms with E-state index >= 15 is 0 Å². The van der Waals surface area contributed by atoms with Crippen LogP contribution in [0, 0.1) is 13.8 Å². The molecule has 1 aromatic carbocycles. The van der Waals surface area contributed by atoms with Crippen LogP contribution in [-0.4, -0.2) is 19.8 Å². The van der Waals surface area contributed by atoms with Gasteiger partial charge in [0.05, 0.1) is 17.7 Å². The number of hydrogen-bond donors (Lipinski definition) is 1. The van der Waals surface area contributed by atoms with Gasteiger partial charge >= 0.3 is 0 Å². The molecule has 2 rings (SSSR count). The zero-order chi connectivity index (χ0) is 14.9.